The number of piperidine rings is 1. The van der Waals surface area contributed by atoms with E-state index in [2.05, 4.69) is 28.5 Å². The zero-order valence-electron chi connectivity index (χ0n) is 15.0. The number of benzene rings is 1. The summed E-state index contributed by atoms with van der Waals surface area (Å²) in [6.45, 7) is 3.97. The second-order valence-electron chi connectivity index (χ2n) is 7.45. The molecule has 2 aromatic rings. The van der Waals surface area contributed by atoms with Crippen molar-refractivity contribution < 1.29 is 9.15 Å². The predicted octanol–water partition coefficient (Wildman–Crippen LogP) is 3.96. The molecule has 0 aliphatic carbocycles. The molecule has 26 heavy (non-hydrogen) atoms. The molecule has 0 saturated carbocycles. The summed E-state index contributed by atoms with van der Waals surface area (Å²) >= 11 is 6.28. The van der Waals surface area contributed by atoms with Crippen molar-refractivity contribution >= 4 is 17.3 Å². The summed E-state index contributed by atoms with van der Waals surface area (Å²) in [5.41, 5.74) is 5.28. The van der Waals surface area contributed by atoms with Crippen LogP contribution < -0.4 is 10.2 Å². The van der Waals surface area contributed by atoms with E-state index in [0.29, 0.717) is 0 Å². The predicted molar refractivity (Wildman–Crippen MR) is 101 cm³/mol. The summed E-state index contributed by atoms with van der Waals surface area (Å²) < 4.78 is 12.4. The van der Waals surface area contributed by atoms with E-state index < -0.39 is 0 Å². The third-order valence-electron chi connectivity index (χ3n) is 5.65. The summed E-state index contributed by atoms with van der Waals surface area (Å²) in [5, 5.41) is 2.98. The molecule has 5 nitrogen and oxygen atoms in total. The van der Waals surface area contributed by atoms with Gasteiger partial charge in [0.1, 0.15) is 11.5 Å². The molecule has 136 valence electrons. The standard InChI is InChI=1S/C20H22ClN3O2/c1-13-3-5-19(25-13)16-12-17-15-11-14(21)4-6-18(15)26-20(24(17)22-16)7-9-23(2)10-8-20/h3-6,11-12,17,22H,7-10H2,1-2H3. The van der Waals surface area contributed by atoms with Gasteiger partial charge in [-0.2, -0.15) is 5.01 Å². The van der Waals surface area contributed by atoms with Crippen LogP contribution in [0.1, 0.15) is 36.0 Å². The molecule has 3 aliphatic rings. The Balaban J connectivity index is 1.59. The molecule has 1 aromatic heterocycles. The van der Waals surface area contributed by atoms with Gasteiger partial charge in [-0.15, -0.1) is 0 Å². The molecule has 1 aromatic carbocycles. The number of ether oxygens (including phenoxy) is 1. The van der Waals surface area contributed by atoms with E-state index in [0.717, 1.165) is 59.5 Å². The maximum atomic E-state index is 6.58. The number of nitrogens with zero attached hydrogens (tertiary/aromatic N) is 2. The lowest BCUT2D eigenvalue weighted by Gasteiger charge is -2.51. The first-order valence-electron chi connectivity index (χ1n) is 9.06. The van der Waals surface area contributed by atoms with Crippen molar-refractivity contribution in [3.63, 3.8) is 0 Å². The van der Waals surface area contributed by atoms with Crippen molar-refractivity contribution in [2.45, 2.75) is 31.5 Å². The molecule has 1 fully saturated rings. The van der Waals surface area contributed by atoms with Crippen molar-refractivity contribution in [3.8, 4) is 5.75 Å². The average molecular weight is 372 g/mol. The Morgan fingerprint density at radius 1 is 1.19 bits per heavy atom. The second-order valence-corrected chi connectivity index (χ2v) is 7.89. The van der Waals surface area contributed by atoms with Crippen molar-refractivity contribution in [1.29, 1.82) is 0 Å². The Morgan fingerprint density at radius 2 is 2.00 bits per heavy atom. The highest BCUT2D eigenvalue weighted by atomic mass is 35.5. The highest BCUT2D eigenvalue weighted by Crippen LogP contribution is 2.49. The van der Waals surface area contributed by atoms with E-state index in [1.807, 2.05) is 37.3 Å². The van der Waals surface area contributed by atoms with Crippen LogP contribution in [0, 0.1) is 6.92 Å². The third-order valence-corrected chi connectivity index (χ3v) is 5.88. The molecular weight excluding hydrogens is 350 g/mol. The summed E-state index contributed by atoms with van der Waals surface area (Å²) in [6, 6.07) is 9.97. The largest absolute Gasteiger partial charge is 0.470 e. The molecule has 0 radical (unpaired) electrons. The Kier molecular flexibility index (Phi) is 3.61. The van der Waals surface area contributed by atoms with Crippen LogP contribution in [0.5, 0.6) is 5.75 Å². The molecule has 1 atom stereocenters. The van der Waals surface area contributed by atoms with Gasteiger partial charge >= 0.3 is 0 Å². The lowest BCUT2D eigenvalue weighted by atomic mass is 9.93. The van der Waals surface area contributed by atoms with E-state index in [1.54, 1.807) is 0 Å². The average Bonchev–Trinajstić information content (AvgIpc) is 3.25. The van der Waals surface area contributed by atoms with Gasteiger partial charge in [0, 0.05) is 36.5 Å². The maximum Gasteiger partial charge on any atom is 0.182 e. The minimum Gasteiger partial charge on any atom is -0.470 e. The van der Waals surface area contributed by atoms with Gasteiger partial charge in [0.05, 0.1) is 11.7 Å². The van der Waals surface area contributed by atoms with Crippen LogP contribution in [0.25, 0.3) is 5.70 Å². The van der Waals surface area contributed by atoms with Gasteiger partial charge in [-0.3, -0.25) is 0 Å². The molecule has 0 bridgehead atoms. The molecule has 1 N–H and O–H groups in total. The van der Waals surface area contributed by atoms with Gasteiger partial charge in [0.2, 0.25) is 0 Å². The quantitative estimate of drug-likeness (QED) is 0.821. The van der Waals surface area contributed by atoms with E-state index in [1.165, 1.54) is 0 Å². The van der Waals surface area contributed by atoms with Crippen LogP contribution in [0.4, 0.5) is 0 Å². The Labute approximate surface area is 158 Å². The van der Waals surface area contributed by atoms with Crippen LogP contribution in [-0.4, -0.2) is 35.8 Å². The topological polar surface area (TPSA) is 40.9 Å². The zero-order valence-corrected chi connectivity index (χ0v) is 15.7. The first kappa shape index (κ1) is 16.2. The fourth-order valence-electron chi connectivity index (χ4n) is 4.18. The van der Waals surface area contributed by atoms with E-state index >= 15 is 0 Å². The number of furan rings is 1. The highest BCUT2D eigenvalue weighted by molar-refractivity contribution is 6.30. The Bertz CT molecular complexity index is 883. The summed E-state index contributed by atoms with van der Waals surface area (Å²) in [7, 11) is 2.16. The number of rotatable bonds is 1. The minimum absolute atomic E-state index is 0.0706. The summed E-state index contributed by atoms with van der Waals surface area (Å²) in [6.07, 6.45) is 4.09. The number of fused-ring (bicyclic) bond motifs is 4. The first-order chi connectivity index (χ1) is 12.5. The molecule has 1 unspecified atom stereocenters. The van der Waals surface area contributed by atoms with Crippen molar-refractivity contribution in [1.82, 2.24) is 15.3 Å². The van der Waals surface area contributed by atoms with Crippen LogP contribution in [0.15, 0.2) is 40.8 Å². The van der Waals surface area contributed by atoms with Gasteiger partial charge < -0.3 is 19.5 Å². The number of halogens is 1. The smallest absolute Gasteiger partial charge is 0.182 e. The number of nitrogens with one attached hydrogen (secondary N) is 1. The van der Waals surface area contributed by atoms with Crippen molar-refractivity contribution in [2.75, 3.05) is 20.1 Å². The lowest BCUT2D eigenvalue weighted by Crippen LogP contribution is -2.63. The Morgan fingerprint density at radius 3 is 2.73 bits per heavy atom. The van der Waals surface area contributed by atoms with Crippen LogP contribution in [0.2, 0.25) is 5.02 Å². The first-order valence-corrected chi connectivity index (χ1v) is 9.44. The van der Waals surface area contributed by atoms with Gasteiger partial charge in [0.15, 0.2) is 11.5 Å². The molecule has 0 amide bonds. The SMILES string of the molecule is Cc1ccc(C2=CC3c4cc(Cl)ccc4OC4(CCN(C)CC4)N3N2)o1. The fraction of sp³-hybridized carbons (Fsp3) is 0.400. The zero-order chi connectivity index (χ0) is 17.9. The van der Waals surface area contributed by atoms with Crippen molar-refractivity contribution in [2.24, 2.45) is 0 Å². The third kappa shape index (κ3) is 2.46. The van der Waals surface area contributed by atoms with Crippen LogP contribution in [-0.2, 0) is 0 Å². The van der Waals surface area contributed by atoms with Crippen molar-refractivity contribution in [3.05, 3.63) is 58.5 Å². The Hall–Kier alpha value is -1.95. The van der Waals surface area contributed by atoms with Crippen LogP contribution in [0.3, 0.4) is 0 Å². The number of likely N-dealkylation sites (tertiary alicyclic amines) is 1. The monoisotopic (exact) mass is 371 g/mol. The summed E-state index contributed by atoms with van der Waals surface area (Å²) in [5.74, 6) is 2.68. The maximum absolute atomic E-state index is 6.58. The highest BCUT2D eigenvalue weighted by Gasteiger charge is 2.51. The van der Waals surface area contributed by atoms with Crippen LogP contribution >= 0.6 is 11.6 Å². The molecule has 4 heterocycles. The fourth-order valence-corrected chi connectivity index (χ4v) is 4.36. The van der Waals surface area contributed by atoms with Gasteiger partial charge in [-0.25, -0.2) is 0 Å². The molecule has 5 rings (SSSR count). The number of aryl methyl sites for hydroxylation is 1. The van der Waals surface area contributed by atoms with E-state index in [9.17, 15) is 0 Å². The number of hydrogen-bond donors (Lipinski definition) is 1. The molecule has 3 aliphatic heterocycles. The normalized spacial score (nSPS) is 24.6. The molecular formula is C20H22ClN3O2. The van der Waals surface area contributed by atoms with E-state index in [-0.39, 0.29) is 11.8 Å². The molecule has 1 spiro atoms. The number of hydrogen-bond acceptors (Lipinski definition) is 5. The number of hydrazine groups is 1. The van der Waals surface area contributed by atoms with Gasteiger partial charge in [-0.05, 0) is 50.4 Å². The van der Waals surface area contributed by atoms with Gasteiger partial charge in [-0.1, -0.05) is 11.6 Å². The second kappa shape index (κ2) is 5.78. The minimum atomic E-state index is -0.363. The van der Waals surface area contributed by atoms with Gasteiger partial charge in [0.25, 0.3) is 0 Å². The lowest BCUT2D eigenvalue weighted by molar-refractivity contribution is -0.157. The van der Waals surface area contributed by atoms with E-state index in [4.69, 9.17) is 20.8 Å². The molecule has 1 saturated heterocycles. The molecule has 6 heteroatoms. The summed E-state index contributed by atoms with van der Waals surface area (Å²) in [4.78, 5) is 2.35.